The van der Waals surface area contributed by atoms with Gasteiger partial charge in [0.25, 0.3) is 0 Å². The highest BCUT2D eigenvalue weighted by Gasteiger charge is 2.03. The summed E-state index contributed by atoms with van der Waals surface area (Å²) in [5, 5.41) is 0. The quantitative estimate of drug-likeness (QED) is 0.587. The molecule has 0 atom stereocenters. The van der Waals surface area contributed by atoms with Crippen molar-refractivity contribution in [2.45, 2.75) is 6.92 Å². The van der Waals surface area contributed by atoms with Gasteiger partial charge in [-0.15, -0.1) is 0 Å². The van der Waals surface area contributed by atoms with Gasteiger partial charge in [-0.2, -0.15) is 0 Å². The van der Waals surface area contributed by atoms with Gasteiger partial charge in [0.2, 0.25) is 5.88 Å². The Morgan fingerprint density at radius 3 is 3.00 bits per heavy atom. The molecular formula is C7H8NO2. The van der Waals surface area contributed by atoms with Crippen LogP contribution in [-0.4, -0.2) is 13.0 Å². The number of carbonyl (C=O) groups excluding carboxylic acids is 1. The highest BCUT2D eigenvalue weighted by atomic mass is 16.3. The fourth-order valence-corrected chi connectivity index (χ4v) is 0.689. The fraction of sp³-hybridized carbons (Fsp3) is 0.286. The van der Waals surface area contributed by atoms with Crippen LogP contribution in [0.15, 0.2) is 22.8 Å². The molecule has 0 unspecified atom stereocenters. The molecule has 0 aliphatic carbocycles. The molecule has 1 aromatic heterocycles. The van der Waals surface area contributed by atoms with Crippen LogP contribution in [0, 0.1) is 0 Å². The lowest BCUT2D eigenvalue weighted by Crippen LogP contribution is -2.18. The summed E-state index contributed by atoms with van der Waals surface area (Å²) in [7, 11) is 0. The Morgan fingerprint density at radius 1 is 1.80 bits per heavy atom. The first-order chi connectivity index (χ1) is 4.88. The van der Waals surface area contributed by atoms with Gasteiger partial charge in [-0.1, -0.05) is 0 Å². The first-order valence-electron chi connectivity index (χ1n) is 3.07. The molecule has 3 heteroatoms. The van der Waals surface area contributed by atoms with Crippen molar-refractivity contribution in [3.8, 4) is 0 Å². The van der Waals surface area contributed by atoms with Crippen molar-refractivity contribution in [1.82, 2.24) is 0 Å². The molecule has 3 nitrogen and oxygen atoms in total. The van der Waals surface area contributed by atoms with Crippen molar-refractivity contribution in [3.63, 3.8) is 0 Å². The molecule has 0 aromatic carbocycles. The number of rotatable bonds is 3. The Bertz CT molecular complexity index is 193. The topological polar surface area (TPSA) is 33.5 Å². The van der Waals surface area contributed by atoms with Gasteiger partial charge < -0.3 is 4.42 Å². The summed E-state index contributed by atoms with van der Waals surface area (Å²) < 4.78 is 4.94. The van der Waals surface area contributed by atoms with Crippen LogP contribution in [0.3, 0.4) is 0 Å². The number of hydrogen-bond donors (Lipinski definition) is 0. The first kappa shape index (κ1) is 6.86. The molecule has 0 bridgehead atoms. The second kappa shape index (κ2) is 3.06. The van der Waals surface area contributed by atoms with E-state index in [4.69, 9.17) is 4.42 Å². The van der Waals surface area contributed by atoms with E-state index in [-0.39, 0.29) is 0 Å². The standard InChI is InChI=1S/C7H8NO2/c1-2-8(6-9)7-4-3-5-10-7/h3-5H,2H2,1H3. The SMILES string of the molecule is CCN([C]=O)c1ccco1. The lowest BCUT2D eigenvalue weighted by atomic mass is 10.5. The summed E-state index contributed by atoms with van der Waals surface area (Å²) in [6.07, 6.45) is 3.27. The summed E-state index contributed by atoms with van der Waals surface area (Å²) in [5.41, 5.74) is 0. The first-order valence-corrected chi connectivity index (χ1v) is 3.07. The molecule has 10 heavy (non-hydrogen) atoms. The molecule has 0 saturated heterocycles. The molecule has 0 N–H and O–H groups in total. The van der Waals surface area contributed by atoms with Crippen molar-refractivity contribution in [3.05, 3.63) is 18.4 Å². The Morgan fingerprint density at radius 2 is 2.60 bits per heavy atom. The Labute approximate surface area is 59.2 Å². The highest BCUT2D eigenvalue weighted by molar-refractivity contribution is 5.72. The van der Waals surface area contributed by atoms with E-state index in [1.54, 1.807) is 18.5 Å². The van der Waals surface area contributed by atoms with Crippen LogP contribution in [0.5, 0.6) is 0 Å². The largest absolute Gasteiger partial charge is 0.448 e. The minimum absolute atomic E-state index is 0.539. The van der Waals surface area contributed by atoms with E-state index in [9.17, 15) is 4.79 Å². The van der Waals surface area contributed by atoms with E-state index in [1.807, 2.05) is 6.92 Å². The van der Waals surface area contributed by atoms with Crippen molar-refractivity contribution >= 4 is 12.3 Å². The van der Waals surface area contributed by atoms with Crippen molar-refractivity contribution in [1.29, 1.82) is 0 Å². The maximum Gasteiger partial charge on any atom is 0.319 e. The zero-order valence-electron chi connectivity index (χ0n) is 5.70. The van der Waals surface area contributed by atoms with Crippen molar-refractivity contribution in [2.24, 2.45) is 0 Å². The van der Waals surface area contributed by atoms with E-state index in [0.29, 0.717) is 12.4 Å². The zero-order chi connectivity index (χ0) is 7.40. The molecule has 1 aromatic rings. The van der Waals surface area contributed by atoms with Crippen LogP contribution in [0.2, 0.25) is 0 Å². The van der Waals surface area contributed by atoms with Crippen molar-refractivity contribution < 1.29 is 9.21 Å². The average molecular weight is 138 g/mol. The van der Waals surface area contributed by atoms with Gasteiger partial charge in [-0.3, -0.25) is 9.69 Å². The molecule has 53 valence electrons. The van der Waals surface area contributed by atoms with Gasteiger partial charge in [0.05, 0.1) is 6.26 Å². The summed E-state index contributed by atoms with van der Waals surface area (Å²) in [5.74, 6) is 0.539. The number of hydrogen-bond acceptors (Lipinski definition) is 2. The number of furan rings is 1. The van der Waals surface area contributed by atoms with Crippen LogP contribution in [0.1, 0.15) is 6.92 Å². The predicted octanol–water partition coefficient (Wildman–Crippen LogP) is 1.17. The van der Waals surface area contributed by atoms with E-state index in [1.165, 1.54) is 11.2 Å². The minimum Gasteiger partial charge on any atom is -0.448 e. The number of amides is 1. The summed E-state index contributed by atoms with van der Waals surface area (Å²) >= 11 is 0. The van der Waals surface area contributed by atoms with Gasteiger partial charge in [-0.05, 0) is 13.0 Å². The molecule has 0 saturated carbocycles. The Hall–Kier alpha value is -1.25. The van der Waals surface area contributed by atoms with Gasteiger partial charge in [0.1, 0.15) is 0 Å². The third-order valence-corrected chi connectivity index (χ3v) is 1.20. The summed E-state index contributed by atoms with van der Waals surface area (Å²) in [4.78, 5) is 11.5. The highest BCUT2D eigenvalue weighted by Crippen LogP contribution is 2.11. The summed E-state index contributed by atoms with van der Waals surface area (Å²) in [6.45, 7) is 2.43. The predicted molar refractivity (Wildman–Crippen MR) is 37.4 cm³/mol. The van der Waals surface area contributed by atoms with Gasteiger partial charge in [0.15, 0.2) is 0 Å². The van der Waals surface area contributed by atoms with E-state index >= 15 is 0 Å². The molecule has 0 aliphatic rings. The van der Waals surface area contributed by atoms with Crippen LogP contribution in [-0.2, 0) is 4.79 Å². The molecule has 0 aliphatic heterocycles. The van der Waals surface area contributed by atoms with Gasteiger partial charge >= 0.3 is 6.41 Å². The fourth-order valence-electron chi connectivity index (χ4n) is 0.689. The lowest BCUT2D eigenvalue weighted by molar-refractivity contribution is 0.532. The van der Waals surface area contributed by atoms with E-state index < -0.39 is 0 Å². The second-order valence-electron chi connectivity index (χ2n) is 1.79. The Balaban J connectivity index is 2.73. The van der Waals surface area contributed by atoms with Crippen LogP contribution in [0.25, 0.3) is 0 Å². The van der Waals surface area contributed by atoms with Crippen molar-refractivity contribution in [2.75, 3.05) is 11.4 Å². The molecule has 0 spiro atoms. The Kier molecular flexibility index (Phi) is 2.10. The third-order valence-electron chi connectivity index (χ3n) is 1.20. The second-order valence-corrected chi connectivity index (χ2v) is 1.79. The zero-order valence-corrected chi connectivity index (χ0v) is 5.70. The van der Waals surface area contributed by atoms with Gasteiger partial charge in [-0.25, -0.2) is 0 Å². The van der Waals surface area contributed by atoms with Crippen LogP contribution < -0.4 is 4.90 Å². The molecule has 1 amide bonds. The molecule has 1 heterocycles. The molecule has 1 rings (SSSR count). The monoisotopic (exact) mass is 138 g/mol. The molecule has 0 fully saturated rings. The van der Waals surface area contributed by atoms with Crippen LogP contribution >= 0.6 is 0 Å². The maximum absolute atomic E-state index is 10.2. The average Bonchev–Trinajstić information content (AvgIpc) is 2.43. The normalized spacial score (nSPS) is 9.30. The minimum atomic E-state index is 0.539. The third kappa shape index (κ3) is 1.18. The lowest BCUT2D eigenvalue weighted by Gasteiger charge is -2.07. The van der Waals surface area contributed by atoms with E-state index in [0.717, 1.165) is 0 Å². The summed E-state index contributed by atoms with van der Waals surface area (Å²) in [6, 6.07) is 3.45. The number of anilines is 1. The molecular weight excluding hydrogens is 130 g/mol. The van der Waals surface area contributed by atoms with Gasteiger partial charge in [0, 0.05) is 12.6 Å². The maximum atomic E-state index is 10.2. The van der Waals surface area contributed by atoms with E-state index in [2.05, 4.69) is 0 Å². The molecule has 1 radical (unpaired) electrons. The smallest absolute Gasteiger partial charge is 0.319 e. The number of nitrogens with zero attached hydrogens (tertiary/aromatic N) is 1. The van der Waals surface area contributed by atoms with Crippen LogP contribution in [0.4, 0.5) is 5.88 Å².